The van der Waals surface area contributed by atoms with E-state index in [0.717, 1.165) is 0 Å². The molecule has 9 nitrogen and oxygen atoms in total. The second kappa shape index (κ2) is 8.12. The Kier molecular flexibility index (Phi) is 5.45. The van der Waals surface area contributed by atoms with Gasteiger partial charge >= 0.3 is 0 Å². The molecule has 0 saturated carbocycles. The van der Waals surface area contributed by atoms with Crippen LogP contribution in [0, 0.1) is 6.92 Å². The maximum absolute atomic E-state index is 12.2. The van der Waals surface area contributed by atoms with Crippen LogP contribution in [0.4, 0.5) is 23.0 Å². The first kappa shape index (κ1) is 18.8. The van der Waals surface area contributed by atoms with Crippen LogP contribution in [0.25, 0.3) is 0 Å². The van der Waals surface area contributed by atoms with Gasteiger partial charge in [-0.15, -0.1) is 10.2 Å². The fourth-order valence-corrected chi connectivity index (χ4v) is 2.59. The third-order valence-electron chi connectivity index (χ3n) is 4.03. The summed E-state index contributed by atoms with van der Waals surface area (Å²) in [5, 5.41) is 16.8. The van der Waals surface area contributed by atoms with Crippen LogP contribution in [0.2, 0.25) is 0 Å². The van der Waals surface area contributed by atoms with Gasteiger partial charge < -0.3 is 21.7 Å². The van der Waals surface area contributed by atoms with Crippen LogP contribution in [-0.2, 0) is 0 Å². The van der Waals surface area contributed by atoms with Crippen molar-refractivity contribution in [1.82, 2.24) is 20.5 Å². The Morgan fingerprint density at radius 2 is 1.79 bits per heavy atom. The van der Waals surface area contributed by atoms with Crippen molar-refractivity contribution in [1.29, 1.82) is 0 Å². The molecule has 0 bridgehead atoms. The van der Waals surface area contributed by atoms with Gasteiger partial charge in [-0.25, -0.2) is 4.98 Å². The van der Waals surface area contributed by atoms with Gasteiger partial charge in [0.25, 0.3) is 5.91 Å². The summed E-state index contributed by atoms with van der Waals surface area (Å²) in [6, 6.07) is 12.2. The zero-order valence-electron chi connectivity index (χ0n) is 15.4. The molecule has 0 unspecified atom stereocenters. The summed E-state index contributed by atoms with van der Waals surface area (Å²) in [6.07, 6.45) is 1.65. The summed E-state index contributed by atoms with van der Waals surface area (Å²) >= 11 is 0. The summed E-state index contributed by atoms with van der Waals surface area (Å²) in [5.41, 5.74) is 7.61. The number of carbonyl (C=O) groups excluding carboxylic acids is 2. The predicted octanol–water partition coefficient (Wildman–Crippen LogP) is 2.13. The van der Waals surface area contributed by atoms with Crippen LogP contribution in [0.3, 0.4) is 0 Å². The largest absolute Gasteiger partial charge is 0.366 e. The smallest absolute Gasteiger partial charge is 0.273 e. The number of aromatic nitrogens is 3. The first-order valence-electron chi connectivity index (χ1n) is 8.44. The van der Waals surface area contributed by atoms with Crippen molar-refractivity contribution in [3.63, 3.8) is 0 Å². The Hall–Kier alpha value is -4.01. The quantitative estimate of drug-likeness (QED) is 0.517. The molecule has 142 valence electrons. The monoisotopic (exact) mass is 377 g/mol. The molecule has 3 aromatic rings. The lowest BCUT2D eigenvalue weighted by Gasteiger charge is -2.15. The molecule has 0 fully saturated rings. The minimum absolute atomic E-state index is 0.109. The van der Waals surface area contributed by atoms with Gasteiger partial charge in [-0.3, -0.25) is 9.59 Å². The van der Waals surface area contributed by atoms with Crippen LogP contribution in [0.1, 0.15) is 26.4 Å². The van der Waals surface area contributed by atoms with Crippen molar-refractivity contribution >= 4 is 34.8 Å². The Bertz CT molecular complexity index is 1020. The number of nitrogens with zero attached hydrogens (tertiary/aromatic N) is 3. The van der Waals surface area contributed by atoms with Gasteiger partial charge in [0.05, 0.1) is 5.69 Å². The number of amides is 2. The van der Waals surface area contributed by atoms with Crippen molar-refractivity contribution in [2.75, 3.05) is 17.7 Å². The minimum atomic E-state index is -0.530. The van der Waals surface area contributed by atoms with E-state index in [1.807, 2.05) is 6.07 Å². The summed E-state index contributed by atoms with van der Waals surface area (Å²) in [7, 11) is 1.51. The van der Waals surface area contributed by atoms with Gasteiger partial charge in [0.2, 0.25) is 5.91 Å². The van der Waals surface area contributed by atoms with E-state index >= 15 is 0 Å². The summed E-state index contributed by atoms with van der Waals surface area (Å²) in [6.45, 7) is 1.77. The Morgan fingerprint density at radius 3 is 2.46 bits per heavy atom. The molecular formula is C19H19N7O2. The second-order valence-corrected chi connectivity index (χ2v) is 5.88. The number of pyridine rings is 1. The Morgan fingerprint density at radius 1 is 0.964 bits per heavy atom. The highest BCUT2D eigenvalue weighted by atomic mass is 16.2. The summed E-state index contributed by atoms with van der Waals surface area (Å²) in [4.78, 5) is 28.0. The number of rotatable bonds is 6. The number of nitrogens with one attached hydrogen (secondary N) is 3. The topological polar surface area (TPSA) is 135 Å². The highest BCUT2D eigenvalue weighted by Crippen LogP contribution is 2.26. The van der Waals surface area contributed by atoms with Gasteiger partial charge in [0.1, 0.15) is 5.82 Å². The number of primary amides is 1. The van der Waals surface area contributed by atoms with E-state index in [4.69, 9.17) is 5.73 Å². The van der Waals surface area contributed by atoms with E-state index in [2.05, 4.69) is 31.1 Å². The van der Waals surface area contributed by atoms with Crippen LogP contribution in [-0.4, -0.2) is 34.0 Å². The van der Waals surface area contributed by atoms with E-state index in [0.29, 0.717) is 34.1 Å². The van der Waals surface area contributed by atoms with Crippen molar-refractivity contribution in [3.8, 4) is 0 Å². The number of carbonyl (C=O) groups is 2. The lowest BCUT2D eigenvalue weighted by atomic mass is 10.1. The van der Waals surface area contributed by atoms with Crippen molar-refractivity contribution < 1.29 is 9.59 Å². The van der Waals surface area contributed by atoms with Gasteiger partial charge in [-0.2, -0.15) is 0 Å². The molecule has 0 atom stereocenters. The molecule has 9 heteroatoms. The number of hydrogen-bond donors (Lipinski definition) is 4. The predicted molar refractivity (Wildman–Crippen MR) is 106 cm³/mol. The van der Waals surface area contributed by atoms with Crippen LogP contribution < -0.4 is 21.7 Å². The van der Waals surface area contributed by atoms with Gasteiger partial charge in [-0.05, 0) is 36.8 Å². The fraction of sp³-hybridized carbons (Fsp3) is 0.105. The molecule has 0 aliphatic carbocycles. The van der Waals surface area contributed by atoms with Crippen molar-refractivity contribution in [3.05, 3.63) is 65.5 Å². The average molecular weight is 377 g/mol. The zero-order valence-corrected chi connectivity index (χ0v) is 15.4. The molecule has 1 aromatic carbocycles. The molecule has 2 heterocycles. The molecule has 28 heavy (non-hydrogen) atoms. The molecule has 0 radical (unpaired) electrons. The first-order chi connectivity index (χ1) is 13.5. The SMILES string of the molecule is CNC(=O)c1nnc(Nc2ccccn2)cc1Nc1cccc(C(N)=O)c1C. The maximum Gasteiger partial charge on any atom is 0.273 e. The van der Waals surface area contributed by atoms with E-state index in [-0.39, 0.29) is 5.69 Å². The molecule has 5 N–H and O–H groups in total. The summed E-state index contributed by atoms with van der Waals surface area (Å²) < 4.78 is 0. The normalized spacial score (nSPS) is 10.2. The number of benzene rings is 1. The molecule has 0 aliphatic rings. The number of anilines is 4. The molecule has 0 saturated heterocycles. The lowest BCUT2D eigenvalue weighted by Crippen LogP contribution is -2.21. The number of nitrogens with two attached hydrogens (primary N) is 1. The van der Waals surface area contributed by atoms with E-state index in [1.165, 1.54) is 7.05 Å². The number of hydrogen-bond acceptors (Lipinski definition) is 7. The molecule has 0 aliphatic heterocycles. The van der Waals surface area contributed by atoms with E-state index in [9.17, 15) is 9.59 Å². The maximum atomic E-state index is 12.2. The third kappa shape index (κ3) is 4.04. The van der Waals surface area contributed by atoms with Crippen LogP contribution >= 0.6 is 0 Å². The second-order valence-electron chi connectivity index (χ2n) is 5.88. The molecule has 0 spiro atoms. The van der Waals surface area contributed by atoms with Crippen LogP contribution in [0.15, 0.2) is 48.7 Å². The van der Waals surface area contributed by atoms with E-state index in [1.54, 1.807) is 49.5 Å². The van der Waals surface area contributed by atoms with Gasteiger partial charge in [0.15, 0.2) is 11.5 Å². The molecule has 2 amide bonds. The molecule has 3 rings (SSSR count). The third-order valence-corrected chi connectivity index (χ3v) is 4.03. The molecule has 2 aromatic heterocycles. The lowest BCUT2D eigenvalue weighted by molar-refractivity contribution is 0.0956. The fourth-order valence-electron chi connectivity index (χ4n) is 2.59. The van der Waals surface area contributed by atoms with E-state index < -0.39 is 11.8 Å². The van der Waals surface area contributed by atoms with Gasteiger partial charge in [-0.1, -0.05) is 12.1 Å². The average Bonchev–Trinajstić information content (AvgIpc) is 2.70. The Labute approximate surface area is 161 Å². The first-order valence-corrected chi connectivity index (χ1v) is 8.44. The Balaban J connectivity index is 2.00. The zero-order chi connectivity index (χ0) is 20.1. The van der Waals surface area contributed by atoms with Crippen molar-refractivity contribution in [2.45, 2.75) is 6.92 Å². The summed E-state index contributed by atoms with van der Waals surface area (Å²) in [5.74, 6) is 0.0565. The highest BCUT2D eigenvalue weighted by Gasteiger charge is 2.16. The highest BCUT2D eigenvalue weighted by molar-refractivity contribution is 5.99. The van der Waals surface area contributed by atoms with Crippen LogP contribution in [0.5, 0.6) is 0 Å². The molecular weight excluding hydrogens is 358 g/mol. The van der Waals surface area contributed by atoms with Crippen molar-refractivity contribution in [2.24, 2.45) is 5.73 Å². The standard InChI is InChI=1S/C19H19N7O2/c1-11-12(18(20)27)6-5-7-13(11)23-14-10-16(24-15-8-3-4-9-22-15)25-26-17(14)19(28)21-2/h3-10H,1-2H3,(H2,20,27)(H,21,28)(H2,22,23,24,25). The minimum Gasteiger partial charge on any atom is -0.366 e. The van der Waals surface area contributed by atoms with Gasteiger partial charge in [0, 0.05) is 30.6 Å².